The van der Waals surface area contributed by atoms with Gasteiger partial charge in [0.15, 0.2) is 11.5 Å². The molecule has 29 heavy (non-hydrogen) atoms. The summed E-state index contributed by atoms with van der Waals surface area (Å²) in [5, 5.41) is 5.66. The summed E-state index contributed by atoms with van der Waals surface area (Å²) >= 11 is 0. The van der Waals surface area contributed by atoms with Gasteiger partial charge in [-0.25, -0.2) is 0 Å². The van der Waals surface area contributed by atoms with Crippen molar-refractivity contribution in [3.8, 4) is 11.5 Å². The number of hydrogen-bond acceptors (Lipinski definition) is 5. The van der Waals surface area contributed by atoms with Crippen molar-refractivity contribution in [1.29, 1.82) is 0 Å². The van der Waals surface area contributed by atoms with Gasteiger partial charge in [-0.3, -0.25) is 14.6 Å². The second-order valence-electron chi connectivity index (χ2n) is 6.60. The van der Waals surface area contributed by atoms with E-state index in [9.17, 15) is 9.59 Å². The van der Waals surface area contributed by atoms with Crippen LogP contribution >= 0.6 is 0 Å². The number of ether oxygens (including phenoxy) is 2. The topological polar surface area (TPSA) is 89.6 Å². The average molecular weight is 389 g/mol. The van der Waals surface area contributed by atoms with E-state index in [-0.39, 0.29) is 18.6 Å². The molecule has 0 spiro atoms. The number of carbonyl (C=O) groups excluding carboxylic acids is 2. The summed E-state index contributed by atoms with van der Waals surface area (Å²) in [4.78, 5) is 29.1. The van der Waals surface area contributed by atoms with Crippen LogP contribution in [0.5, 0.6) is 11.5 Å². The standard InChI is InChI=1S/C22H19N3O4/c1-14-4-2-3-5-18(14)25-22(27)17-9-16(11-23-12-17)21(26)24-10-15-6-7-19-20(8-15)29-13-28-19/h2-9,11-12H,10,13H2,1H3,(H,24,26)(H,25,27). The zero-order chi connectivity index (χ0) is 20.2. The van der Waals surface area contributed by atoms with Crippen molar-refractivity contribution in [2.45, 2.75) is 13.5 Å². The first-order valence-corrected chi connectivity index (χ1v) is 9.09. The second kappa shape index (κ2) is 8.02. The zero-order valence-electron chi connectivity index (χ0n) is 15.8. The predicted molar refractivity (Wildman–Crippen MR) is 107 cm³/mol. The first-order chi connectivity index (χ1) is 14.1. The van der Waals surface area contributed by atoms with Gasteiger partial charge >= 0.3 is 0 Å². The maximum atomic E-state index is 12.5. The second-order valence-corrected chi connectivity index (χ2v) is 6.60. The Morgan fingerprint density at radius 2 is 1.72 bits per heavy atom. The summed E-state index contributed by atoms with van der Waals surface area (Å²) in [5.74, 6) is 0.711. The summed E-state index contributed by atoms with van der Waals surface area (Å²) in [7, 11) is 0. The van der Waals surface area contributed by atoms with Crippen LogP contribution in [0.3, 0.4) is 0 Å². The molecule has 7 nitrogen and oxygen atoms in total. The van der Waals surface area contributed by atoms with Gasteiger partial charge in [0.2, 0.25) is 6.79 Å². The number of para-hydroxylation sites is 1. The SMILES string of the molecule is Cc1ccccc1NC(=O)c1cncc(C(=O)NCc2ccc3c(c2)OCO3)c1. The molecule has 0 aliphatic carbocycles. The number of pyridine rings is 1. The molecule has 0 saturated carbocycles. The minimum absolute atomic E-state index is 0.203. The monoisotopic (exact) mass is 389 g/mol. The van der Waals surface area contributed by atoms with Crippen LogP contribution in [-0.4, -0.2) is 23.6 Å². The zero-order valence-corrected chi connectivity index (χ0v) is 15.8. The fourth-order valence-corrected chi connectivity index (χ4v) is 2.93. The molecular formula is C22H19N3O4. The molecule has 1 aliphatic rings. The molecule has 1 aromatic heterocycles. The lowest BCUT2D eigenvalue weighted by Crippen LogP contribution is -2.23. The molecule has 0 atom stereocenters. The van der Waals surface area contributed by atoms with Crippen molar-refractivity contribution in [3.63, 3.8) is 0 Å². The Morgan fingerprint density at radius 1 is 0.966 bits per heavy atom. The maximum absolute atomic E-state index is 12.5. The van der Waals surface area contributed by atoms with Gasteiger partial charge in [-0.2, -0.15) is 0 Å². The van der Waals surface area contributed by atoms with Crippen LogP contribution in [0, 0.1) is 6.92 Å². The third-order valence-electron chi connectivity index (χ3n) is 4.55. The van der Waals surface area contributed by atoms with Gasteiger partial charge in [-0.1, -0.05) is 24.3 Å². The molecule has 2 heterocycles. The number of amides is 2. The summed E-state index contributed by atoms with van der Waals surface area (Å²) in [6, 6.07) is 14.5. The molecule has 0 unspecified atom stereocenters. The minimum atomic E-state index is -0.322. The van der Waals surface area contributed by atoms with Crippen molar-refractivity contribution >= 4 is 17.5 Å². The van der Waals surface area contributed by atoms with Crippen LogP contribution in [0.2, 0.25) is 0 Å². The van der Waals surface area contributed by atoms with Gasteiger partial charge in [-0.05, 0) is 42.3 Å². The highest BCUT2D eigenvalue weighted by Crippen LogP contribution is 2.32. The van der Waals surface area contributed by atoms with Crippen LogP contribution in [0.1, 0.15) is 31.8 Å². The van der Waals surface area contributed by atoms with Crippen LogP contribution in [0.25, 0.3) is 0 Å². The predicted octanol–water partition coefficient (Wildman–Crippen LogP) is 3.30. The highest BCUT2D eigenvalue weighted by Gasteiger charge is 2.15. The van der Waals surface area contributed by atoms with Gasteiger partial charge in [-0.15, -0.1) is 0 Å². The molecule has 146 valence electrons. The highest BCUT2D eigenvalue weighted by molar-refractivity contribution is 6.06. The van der Waals surface area contributed by atoms with E-state index in [0.717, 1.165) is 16.8 Å². The first-order valence-electron chi connectivity index (χ1n) is 9.09. The Kier molecular flexibility index (Phi) is 5.11. The average Bonchev–Trinajstić information content (AvgIpc) is 3.21. The van der Waals surface area contributed by atoms with E-state index in [1.165, 1.54) is 18.5 Å². The fraction of sp³-hybridized carbons (Fsp3) is 0.136. The van der Waals surface area contributed by atoms with Crippen LogP contribution < -0.4 is 20.1 Å². The third-order valence-corrected chi connectivity index (χ3v) is 4.55. The third kappa shape index (κ3) is 4.19. The Morgan fingerprint density at radius 3 is 2.55 bits per heavy atom. The van der Waals surface area contributed by atoms with E-state index >= 15 is 0 Å². The largest absolute Gasteiger partial charge is 0.454 e. The number of nitrogens with one attached hydrogen (secondary N) is 2. The highest BCUT2D eigenvalue weighted by atomic mass is 16.7. The molecule has 3 aromatic rings. The molecule has 0 saturated heterocycles. The number of fused-ring (bicyclic) bond motifs is 1. The van der Waals surface area contributed by atoms with Crippen molar-refractivity contribution < 1.29 is 19.1 Å². The van der Waals surface area contributed by atoms with Crippen LogP contribution in [-0.2, 0) is 6.54 Å². The number of aromatic nitrogens is 1. The van der Waals surface area contributed by atoms with E-state index in [2.05, 4.69) is 15.6 Å². The smallest absolute Gasteiger partial charge is 0.257 e. The Labute approximate surface area is 167 Å². The van der Waals surface area contributed by atoms with Crippen molar-refractivity contribution in [2.75, 3.05) is 12.1 Å². The van der Waals surface area contributed by atoms with Gasteiger partial charge < -0.3 is 20.1 Å². The molecule has 0 bridgehead atoms. The van der Waals surface area contributed by atoms with Gasteiger partial charge in [0.05, 0.1) is 11.1 Å². The lowest BCUT2D eigenvalue weighted by molar-refractivity contribution is 0.0950. The molecule has 2 aromatic carbocycles. The molecular weight excluding hydrogens is 370 g/mol. The maximum Gasteiger partial charge on any atom is 0.257 e. The number of benzene rings is 2. The lowest BCUT2D eigenvalue weighted by atomic mass is 10.1. The Bertz CT molecular complexity index is 1080. The summed E-state index contributed by atoms with van der Waals surface area (Å²) in [6.07, 6.45) is 2.86. The van der Waals surface area contributed by atoms with E-state index < -0.39 is 0 Å². The molecule has 0 fully saturated rings. The molecule has 2 amide bonds. The Hall–Kier alpha value is -3.87. The molecule has 1 aliphatic heterocycles. The fourth-order valence-electron chi connectivity index (χ4n) is 2.93. The molecule has 0 radical (unpaired) electrons. The summed E-state index contributed by atoms with van der Waals surface area (Å²) in [5.41, 5.74) is 3.16. The summed E-state index contributed by atoms with van der Waals surface area (Å²) < 4.78 is 10.6. The first kappa shape index (κ1) is 18.5. The number of hydrogen-bond donors (Lipinski definition) is 2. The van der Waals surface area contributed by atoms with Crippen LogP contribution in [0.15, 0.2) is 60.9 Å². The summed E-state index contributed by atoms with van der Waals surface area (Å²) in [6.45, 7) is 2.43. The van der Waals surface area contributed by atoms with Gasteiger partial charge in [0.25, 0.3) is 11.8 Å². The van der Waals surface area contributed by atoms with E-state index in [0.29, 0.717) is 29.2 Å². The van der Waals surface area contributed by atoms with Crippen molar-refractivity contribution in [2.24, 2.45) is 0 Å². The normalized spacial score (nSPS) is 11.8. The van der Waals surface area contributed by atoms with Crippen molar-refractivity contribution in [1.82, 2.24) is 10.3 Å². The van der Waals surface area contributed by atoms with E-state index in [1.807, 2.05) is 49.4 Å². The molecule has 2 N–H and O–H groups in total. The van der Waals surface area contributed by atoms with E-state index in [4.69, 9.17) is 9.47 Å². The Balaban J connectivity index is 1.42. The van der Waals surface area contributed by atoms with Crippen LogP contribution in [0.4, 0.5) is 5.69 Å². The number of rotatable bonds is 5. The minimum Gasteiger partial charge on any atom is -0.454 e. The number of aryl methyl sites for hydroxylation is 1. The van der Waals surface area contributed by atoms with Gasteiger partial charge in [0.1, 0.15) is 0 Å². The number of nitrogens with zero attached hydrogens (tertiary/aromatic N) is 1. The molecule has 7 heteroatoms. The molecule has 4 rings (SSSR count). The lowest BCUT2D eigenvalue weighted by Gasteiger charge is -2.09. The van der Waals surface area contributed by atoms with Gasteiger partial charge in [0, 0.05) is 24.6 Å². The van der Waals surface area contributed by atoms with E-state index in [1.54, 1.807) is 0 Å². The number of anilines is 1. The van der Waals surface area contributed by atoms with Crippen molar-refractivity contribution in [3.05, 3.63) is 83.2 Å². The quantitative estimate of drug-likeness (QED) is 0.699. The number of carbonyl (C=O) groups is 2.